The predicted octanol–water partition coefficient (Wildman–Crippen LogP) is 5.88. The number of hydrogen-bond acceptors (Lipinski definition) is 4. The Morgan fingerprint density at radius 3 is 2.59 bits per heavy atom. The zero-order valence-corrected chi connectivity index (χ0v) is 21.4. The second kappa shape index (κ2) is 10.6. The average molecular weight is 498 g/mol. The Morgan fingerprint density at radius 1 is 1.26 bits per heavy atom. The summed E-state index contributed by atoms with van der Waals surface area (Å²) in [6.07, 6.45) is 2.10. The summed E-state index contributed by atoms with van der Waals surface area (Å²) in [6.45, 7) is 9.51. The van der Waals surface area contributed by atoms with Crippen molar-refractivity contribution in [2.75, 3.05) is 20.2 Å². The Hall–Kier alpha value is -2.13. The van der Waals surface area contributed by atoms with Gasteiger partial charge in [-0.05, 0) is 89.8 Å². The lowest BCUT2D eigenvalue weighted by atomic mass is 10.1. The number of halogens is 3. The smallest absolute Gasteiger partial charge is 0.416 e. The van der Waals surface area contributed by atoms with Gasteiger partial charge in [-0.15, -0.1) is 0 Å². The van der Waals surface area contributed by atoms with Crippen LogP contribution in [0.3, 0.4) is 0 Å². The monoisotopic (exact) mass is 497 g/mol. The Bertz CT molecular complexity index is 1070. The largest absolute Gasteiger partial charge is 0.491 e. The van der Waals surface area contributed by atoms with E-state index < -0.39 is 17.6 Å². The van der Waals surface area contributed by atoms with Gasteiger partial charge in [0.15, 0.2) is 0 Å². The molecule has 34 heavy (non-hydrogen) atoms. The van der Waals surface area contributed by atoms with E-state index in [9.17, 15) is 18.0 Å². The first-order chi connectivity index (χ1) is 15.9. The number of carbonyl (C=O) groups excluding carboxylic acids is 1. The van der Waals surface area contributed by atoms with Gasteiger partial charge in [-0.3, -0.25) is 8.75 Å². The summed E-state index contributed by atoms with van der Waals surface area (Å²) < 4.78 is 48.7. The summed E-state index contributed by atoms with van der Waals surface area (Å²) in [5.41, 5.74) is -0.316. The molecule has 188 valence electrons. The van der Waals surface area contributed by atoms with Crippen LogP contribution in [0.5, 0.6) is 5.75 Å². The lowest BCUT2D eigenvalue weighted by molar-refractivity contribution is -0.137. The zero-order chi connectivity index (χ0) is 25.1. The molecule has 1 aromatic heterocycles. The molecular weight excluding hydrogens is 463 g/mol. The van der Waals surface area contributed by atoms with Crippen LogP contribution >= 0.6 is 11.5 Å². The van der Waals surface area contributed by atoms with Crippen LogP contribution in [0.2, 0.25) is 0 Å². The number of amides is 1. The molecule has 1 fully saturated rings. The van der Waals surface area contributed by atoms with Gasteiger partial charge in [0.25, 0.3) is 5.91 Å². The molecule has 2 heterocycles. The average Bonchev–Trinajstić information content (AvgIpc) is 3.35. The number of unbranched alkanes of at least 4 members (excludes halogenated alkanes) is 1. The lowest BCUT2D eigenvalue weighted by Crippen LogP contribution is -2.30. The molecule has 0 saturated carbocycles. The van der Waals surface area contributed by atoms with Crippen molar-refractivity contribution < 1.29 is 22.7 Å². The van der Waals surface area contributed by atoms with Gasteiger partial charge in [0.05, 0.1) is 11.1 Å². The number of alkyl halides is 3. The molecule has 0 aliphatic carbocycles. The second-order valence-electron chi connectivity index (χ2n) is 9.86. The zero-order valence-electron chi connectivity index (χ0n) is 20.5. The SMILES string of the molecule is CCCCc1cn(C(C)(C)C)sc1=NC(=O)c1cc(C(F)(F)F)ccc1OC[C@@H]1CCCN1C. The van der Waals surface area contributed by atoms with E-state index >= 15 is 0 Å². The van der Waals surface area contributed by atoms with Gasteiger partial charge in [0, 0.05) is 23.3 Å². The predicted molar refractivity (Wildman–Crippen MR) is 128 cm³/mol. The van der Waals surface area contributed by atoms with Gasteiger partial charge >= 0.3 is 6.18 Å². The Kier molecular flexibility index (Phi) is 8.29. The van der Waals surface area contributed by atoms with Crippen LogP contribution in [0.4, 0.5) is 13.2 Å². The van der Waals surface area contributed by atoms with Gasteiger partial charge in [-0.2, -0.15) is 18.2 Å². The number of rotatable bonds is 7. The quantitative estimate of drug-likeness (QED) is 0.480. The fourth-order valence-corrected chi connectivity index (χ4v) is 4.90. The molecule has 1 aliphatic rings. The molecule has 0 N–H and O–H groups in total. The molecule has 2 aromatic rings. The maximum atomic E-state index is 13.4. The maximum Gasteiger partial charge on any atom is 0.416 e. The van der Waals surface area contributed by atoms with Crippen LogP contribution in [-0.4, -0.2) is 41.0 Å². The second-order valence-corrected chi connectivity index (χ2v) is 10.8. The third-order valence-corrected chi connectivity index (χ3v) is 7.41. The summed E-state index contributed by atoms with van der Waals surface area (Å²) in [4.78, 5) is 19.7. The van der Waals surface area contributed by atoms with Gasteiger partial charge in [-0.25, -0.2) is 0 Å². The summed E-state index contributed by atoms with van der Waals surface area (Å²) in [7, 11) is 1.99. The van der Waals surface area contributed by atoms with E-state index in [1.807, 2.05) is 17.2 Å². The normalized spacial score (nSPS) is 18.0. The van der Waals surface area contributed by atoms with Crippen LogP contribution in [0, 0.1) is 0 Å². The molecule has 1 aliphatic heterocycles. The van der Waals surface area contributed by atoms with E-state index in [4.69, 9.17) is 4.74 Å². The maximum absolute atomic E-state index is 13.4. The van der Waals surface area contributed by atoms with Crippen molar-refractivity contribution in [1.82, 2.24) is 8.86 Å². The number of ether oxygens (including phenoxy) is 1. The molecule has 0 spiro atoms. The van der Waals surface area contributed by atoms with Crippen molar-refractivity contribution in [3.8, 4) is 5.75 Å². The number of likely N-dealkylation sites (N-methyl/N-ethyl adjacent to an activating group) is 1. The highest BCUT2D eigenvalue weighted by Gasteiger charge is 2.32. The van der Waals surface area contributed by atoms with E-state index in [1.54, 1.807) is 0 Å². The topological polar surface area (TPSA) is 46.8 Å². The highest BCUT2D eigenvalue weighted by Crippen LogP contribution is 2.33. The van der Waals surface area contributed by atoms with Gasteiger partial charge in [-0.1, -0.05) is 13.3 Å². The molecule has 3 rings (SSSR count). The van der Waals surface area contributed by atoms with Crippen molar-refractivity contribution in [1.29, 1.82) is 0 Å². The summed E-state index contributed by atoms with van der Waals surface area (Å²) in [6, 6.07) is 3.22. The molecule has 0 bridgehead atoms. The van der Waals surface area contributed by atoms with Crippen molar-refractivity contribution in [2.45, 2.75) is 77.6 Å². The molecule has 5 nitrogen and oxygen atoms in total. The highest BCUT2D eigenvalue weighted by atomic mass is 32.1. The molecule has 1 amide bonds. The van der Waals surface area contributed by atoms with Crippen molar-refractivity contribution in [2.24, 2.45) is 4.99 Å². The first-order valence-electron chi connectivity index (χ1n) is 11.8. The van der Waals surface area contributed by atoms with Crippen molar-refractivity contribution >= 4 is 17.4 Å². The molecule has 1 aromatic carbocycles. The van der Waals surface area contributed by atoms with E-state index in [1.165, 1.54) is 17.6 Å². The lowest BCUT2D eigenvalue weighted by Gasteiger charge is -2.20. The number of likely N-dealkylation sites (tertiary alicyclic amines) is 1. The fourth-order valence-electron chi connectivity index (χ4n) is 3.86. The standard InChI is InChI=1S/C25H34F3N3O2S/c1-6-7-9-17-15-31(24(2,3)4)34-23(17)29-22(32)20-14-18(25(26,27)28)11-12-21(20)33-16-19-10-8-13-30(19)5/h11-12,14-15,19H,6-10,13,16H2,1-5H3/t19-/m0/s1. The number of nitrogens with zero attached hydrogens (tertiary/aromatic N) is 3. The van der Waals surface area contributed by atoms with Crippen LogP contribution < -0.4 is 9.41 Å². The molecule has 1 saturated heterocycles. The van der Waals surface area contributed by atoms with E-state index in [-0.39, 0.29) is 22.9 Å². The minimum Gasteiger partial charge on any atom is -0.491 e. The first kappa shape index (κ1) is 26.5. The van der Waals surface area contributed by atoms with Gasteiger partial charge in [0.2, 0.25) is 0 Å². The molecule has 0 radical (unpaired) electrons. The summed E-state index contributed by atoms with van der Waals surface area (Å²) >= 11 is 1.35. The fraction of sp³-hybridized carbons (Fsp3) is 0.600. The molecule has 0 unspecified atom stereocenters. The summed E-state index contributed by atoms with van der Waals surface area (Å²) in [5, 5.41) is 0. The van der Waals surface area contributed by atoms with E-state index in [2.05, 4.69) is 37.6 Å². The van der Waals surface area contributed by atoms with Gasteiger partial charge in [0.1, 0.15) is 17.0 Å². The minimum atomic E-state index is -4.57. The van der Waals surface area contributed by atoms with E-state index in [0.29, 0.717) is 11.3 Å². The third-order valence-electron chi connectivity index (χ3n) is 6.04. The Labute approximate surface area is 203 Å². The molecular formula is C25H34F3N3O2S. The van der Waals surface area contributed by atoms with Crippen molar-refractivity contribution in [3.63, 3.8) is 0 Å². The van der Waals surface area contributed by atoms with Crippen LogP contribution in [0.25, 0.3) is 0 Å². The van der Waals surface area contributed by atoms with E-state index in [0.717, 1.165) is 56.3 Å². The summed E-state index contributed by atoms with van der Waals surface area (Å²) in [5.74, 6) is -0.584. The highest BCUT2D eigenvalue weighted by molar-refractivity contribution is 7.04. The Morgan fingerprint density at radius 2 is 2.00 bits per heavy atom. The number of carbonyl (C=O) groups is 1. The minimum absolute atomic E-state index is 0.136. The first-order valence-corrected chi connectivity index (χ1v) is 12.5. The van der Waals surface area contributed by atoms with Crippen LogP contribution in [-0.2, 0) is 18.1 Å². The van der Waals surface area contributed by atoms with Crippen molar-refractivity contribution in [3.05, 3.63) is 45.8 Å². The molecule has 1 atom stereocenters. The Balaban J connectivity index is 2.00. The van der Waals surface area contributed by atoms with Crippen LogP contribution in [0.1, 0.15) is 74.9 Å². The molecule has 9 heteroatoms. The van der Waals surface area contributed by atoms with Gasteiger partial charge < -0.3 is 9.64 Å². The van der Waals surface area contributed by atoms with Crippen LogP contribution in [0.15, 0.2) is 29.4 Å². The number of hydrogen-bond donors (Lipinski definition) is 0. The number of benzene rings is 1. The third kappa shape index (κ3) is 6.50. The number of aryl methyl sites for hydroxylation is 1. The number of aromatic nitrogens is 1.